The Morgan fingerprint density at radius 3 is 2.81 bits per heavy atom. The first-order chi connectivity index (χ1) is 7.65. The third-order valence-electron chi connectivity index (χ3n) is 3.01. The van der Waals surface area contributed by atoms with E-state index in [2.05, 4.69) is 15.3 Å². The molecule has 1 aromatic heterocycles. The first kappa shape index (κ1) is 11.4. The fourth-order valence-corrected chi connectivity index (χ4v) is 2.23. The van der Waals surface area contributed by atoms with E-state index in [1.807, 2.05) is 0 Å². The minimum absolute atomic E-state index is 0.0766. The maximum absolute atomic E-state index is 9.46. The number of nitrogens with two attached hydrogens (primary N) is 1. The number of aliphatic hydroxyl groups excluding tert-OH is 1. The number of hydrogen-bond acceptors (Lipinski definition) is 5. The van der Waals surface area contributed by atoms with Gasteiger partial charge < -0.3 is 16.2 Å². The van der Waals surface area contributed by atoms with E-state index in [0.29, 0.717) is 10.8 Å². The largest absolute Gasteiger partial charge is 0.394 e. The minimum atomic E-state index is -0.301. The van der Waals surface area contributed by atoms with Gasteiger partial charge in [-0.3, -0.25) is 0 Å². The number of aliphatic hydroxyl groups is 1. The highest BCUT2D eigenvalue weighted by Crippen LogP contribution is 2.34. The molecule has 4 N–H and O–H groups in total. The van der Waals surface area contributed by atoms with E-state index in [1.54, 1.807) is 0 Å². The van der Waals surface area contributed by atoms with Gasteiger partial charge in [-0.05, 0) is 12.8 Å². The van der Waals surface area contributed by atoms with Crippen LogP contribution in [0.3, 0.4) is 0 Å². The highest BCUT2D eigenvalue weighted by molar-refractivity contribution is 6.32. The van der Waals surface area contributed by atoms with Crippen molar-refractivity contribution in [3.8, 4) is 0 Å². The number of nitrogen functional groups attached to an aromatic ring is 1. The van der Waals surface area contributed by atoms with E-state index in [-0.39, 0.29) is 18.1 Å². The minimum Gasteiger partial charge on any atom is -0.394 e. The molecule has 0 bridgehead atoms. The van der Waals surface area contributed by atoms with E-state index >= 15 is 0 Å². The van der Waals surface area contributed by atoms with Crippen molar-refractivity contribution in [3.63, 3.8) is 0 Å². The van der Waals surface area contributed by atoms with Crippen molar-refractivity contribution >= 4 is 23.4 Å². The summed E-state index contributed by atoms with van der Waals surface area (Å²) < 4.78 is 0. The Morgan fingerprint density at radius 2 is 2.19 bits per heavy atom. The van der Waals surface area contributed by atoms with Crippen LogP contribution in [0.1, 0.15) is 25.7 Å². The number of rotatable bonds is 3. The SMILES string of the molecule is Nc1ncc(Cl)c(NC2(CO)CCCC2)n1. The molecule has 88 valence electrons. The topological polar surface area (TPSA) is 84.1 Å². The van der Waals surface area contributed by atoms with Gasteiger partial charge in [-0.25, -0.2) is 4.98 Å². The second kappa shape index (κ2) is 4.43. The van der Waals surface area contributed by atoms with Gasteiger partial charge in [-0.1, -0.05) is 24.4 Å². The molecule has 0 aromatic carbocycles. The molecule has 0 radical (unpaired) electrons. The van der Waals surface area contributed by atoms with Crippen LogP contribution < -0.4 is 11.1 Å². The maximum Gasteiger partial charge on any atom is 0.222 e. The zero-order chi connectivity index (χ0) is 11.6. The van der Waals surface area contributed by atoms with Crippen molar-refractivity contribution in [2.75, 3.05) is 17.7 Å². The molecular weight excluding hydrogens is 228 g/mol. The van der Waals surface area contributed by atoms with Crippen LogP contribution in [0.5, 0.6) is 0 Å². The molecule has 2 rings (SSSR count). The molecule has 5 nitrogen and oxygen atoms in total. The van der Waals surface area contributed by atoms with E-state index in [1.165, 1.54) is 6.20 Å². The molecule has 1 saturated carbocycles. The summed E-state index contributed by atoms with van der Waals surface area (Å²) in [6.45, 7) is 0.0766. The number of nitrogens with one attached hydrogen (secondary N) is 1. The van der Waals surface area contributed by atoms with Crippen LogP contribution in [0, 0.1) is 0 Å². The average molecular weight is 243 g/mol. The van der Waals surface area contributed by atoms with Gasteiger partial charge in [-0.2, -0.15) is 4.98 Å². The van der Waals surface area contributed by atoms with Crippen LogP contribution >= 0.6 is 11.6 Å². The molecular formula is C10H15ClN4O. The molecule has 1 heterocycles. The molecule has 1 aliphatic rings. The van der Waals surface area contributed by atoms with Crippen molar-refractivity contribution < 1.29 is 5.11 Å². The first-order valence-electron chi connectivity index (χ1n) is 5.32. The molecule has 0 spiro atoms. The van der Waals surface area contributed by atoms with E-state index in [0.717, 1.165) is 25.7 Å². The second-order valence-electron chi connectivity index (χ2n) is 4.20. The van der Waals surface area contributed by atoms with E-state index in [9.17, 15) is 5.11 Å². The van der Waals surface area contributed by atoms with Gasteiger partial charge in [0.2, 0.25) is 5.95 Å². The first-order valence-corrected chi connectivity index (χ1v) is 5.70. The molecule has 0 saturated heterocycles. The lowest BCUT2D eigenvalue weighted by molar-refractivity contribution is 0.214. The maximum atomic E-state index is 9.46. The van der Waals surface area contributed by atoms with Gasteiger partial charge in [-0.15, -0.1) is 0 Å². The fraction of sp³-hybridized carbons (Fsp3) is 0.600. The summed E-state index contributed by atoms with van der Waals surface area (Å²) in [5.41, 5.74) is 5.20. The third-order valence-corrected chi connectivity index (χ3v) is 3.29. The van der Waals surface area contributed by atoms with Crippen molar-refractivity contribution in [1.82, 2.24) is 9.97 Å². The molecule has 1 aliphatic carbocycles. The van der Waals surface area contributed by atoms with Gasteiger partial charge in [0, 0.05) is 0 Å². The zero-order valence-electron chi connectivity index (χ0n) is 8.91. The Kier molecular flexibility index (Phi) is 3.16. The smallest absolute Gasteiger partial charge is 0.222 e. The summed E-state index contributed by atoms with van der Waals surface area (Å²) in [4.78, 5) is 7.84. The molecule has 1 aromatic rings. The summed E-state index contributed by atoms with van der Waals surface area (Å²) in [6.07, 6.45) is 5.51. The van der Waals surface area contributed by atoms with Crippen LogP contribution in [0.2, 0.25) is 5.02 Å². The Morgan fingerprint density at radius 1 is 1.50 bits per heavy atom. The molecule has 0 amide bonds. The average Bonchev–Trinajstić information content (AvgIpc) is 2.73. The summed E-state index contributed by atoms with van der Waals surface area (Å²) in [5.74, 6) is 0.683. The van der Waals surface area contributed by atoms with Crippen LogP contribution in [-0.4, -0.2) is 27.2 Å². The van der Waals surface area contributed by atoms with E-state index in [4.69, 9.17) is 17.3 Å². The standard InChI is InChI=1S/C10H15ClN4O/c11-7-5-13-9(12)14-8(7)15-10(6-16)3-1-2-4-10/h5,16H,1-4,6H2,(H3,12,13,14,15). The number of aromatic nitrogens is 2. The molecule has 1 fully saturated rings. The van der Waals surface area contributed by atoms with Crippen LogP contribution in [0.15, 0.2) is 6.20 Å². The monoisotopic (exact) mass is 242 g/mol. The van der Waals surface area contributed by atoms with Gasteiger partial charge in [0.25, 0.3) is 0 Å². The van der Waals surface area contributed by atoms with Crippen molar-refractivity contribution in [3.05, 3.63) is 11.2 Å². The summed E-state index contributed by atoms with van der Waals surface area (Å²) in [7, 11) is 0. The lowest BCUT2D eigenvalue weighted by Gasteiger charge is -2.28. The van der Waals surface area contributed by atoms with Crippen molar-refractivity contribution in [1.29, 1.82) is 0 Å². The molecule has 0 atom stereocenters. The third kappa shape index (κ3) is 2.20. The fourth-order valence-electron chi connectivity index (χ4n) is 2.09. The normalized spacial score (nSPS) is 18.6. The lowest BCUT2D eigenvalue weighted by Crippen LogP contribution is -2.39. The van der Waals surface area contributed by atoms with Crippen molar-refractivity contribution in [2.24, 2.45) is 0 Å². The predicted octanol–water partition coefficient (Wildman–Crippen LogP) is 1.43. The molecule has 0 aliphatic heterocycles. The van der Waals surface area contributed by atoms with Gasteiger partial charge in [0.15, 0.2) is 5.82 Å². The Hall–Kier alpha value is -1.07. The van der Waals surface area contributed by atoms with Crippen molar-refractivity contribution in [2.45, 2.75) is 31.2 Å². The van der Waals surface area contributed by atoms with Crippen LogP contribution in [0.4, 0.5) is 11.8 Å². The second-order valence-corrected chi connectivity index (χ2v) is 4.60. The number of halogens is 1. The Bertz CT molecular complexity index is 379. The van der Waals surface area contributed by atoms with Crippen LogP contribution in [-0.2, 0) is 0 Å². The van der Waals surface area contributed by atoms with Gasteiger partial charge >= 0.3 is 0 Å². The number of nitrogens with zero attached hydrogens (tertiary/aromatic N) is 2. The molecule has 0 unspecified atom stereocenters. The number of anilines is 2. The number of hydrogen-bond donors (Lipinski definition) is 3. The highest BCUT2D eigenvalue weighted by Gasteiger charge is 2.33. The van der Waals surface area contributed by atoms with E-state index < -0.39 is 0 Å². The zero-order valence-corrected chi connectivity index (χ0v) is 9.67. The quantitative estimate of drug-likeness (QED) is 0.747. The van der Waals surface area contributed by atoms with Crippen LogP contribution in [0.25, 0.3) is 0 Å². The summed E-state index contributed by atoms with van der Waals surface area (Å²) in [6, 6.07) is 0. The highest BCUT2D eigenvalue weighted by atomic mass is 35.5. The Labute approximate surface area is 99.0 Å². The Balaban J connectivity index is 2.21. The van der Waals surface area contributed by atoms with Gasteiger partial charge in [0.1, 0.15) is 5.02 Å². The summed E-state index contributed by atoms with van der Waals surface area (Å²) >= 11 is 5.97. The molecule has 6 heteroatoms. The summed E-state index contributed by atoms with van der Waals surface area (Å²) in [5, 5.41) is 13.1. The predicted molar refractivity (Wildman–Crippen MR) is 63.4 cm³/mol. The lowest BCUT2D eigenvalue weighted by atomic mass is 9.99. The molecule has 16 heavy (non-hydrogen) atoms. The van der Waals surface area contributed by atoms with Gasteiger partial charge in [0.05, 0.1) is 18.3 Å².